The van der Waals surface area contributed by atoms with Crippen LogP contribution >= 0.6 is 0 Å². The fraction of sp³-hybridized carbons (Fsp3) is 0. The standard InChI is InChI=1S/C6H5NO2.Cr/c8-6(9)5-2-1-3-7-4-5;/h1-4H,(H,8,9);/q;+3/p-1. The Bertz CT molecular complexity index is 212. The van der Waals surface area contributed by atoms with Gasteiger partial charge >= 0.3 is 17.4 Å². The van der Waals surface area contributed by atoms with Crippen molar-refractivity contribution < 1.29 is 27.3 Å². The first-order chi connectivity index (χ1) is 4.30. The van der Waals surface area contributed by atoms with E-state index in [4.69, 9.17) is 0 Å². The van der Waals surface area contributed by atoms with Crippen molar-refractivity contribution >= 4 is 5.97 Å². The second-order valence-electron chi connectivity index (χ2n) is 1.53. The maximum absolute atomic E-state index is 10.0. The molecule has 0 aliphatic heterocycles. The van der Waals surface area contributed by atoms with Gasteiger partial charge in [-0.15, -0.1) is 0 Å². The summed E-state index contributed by atoms with van der Waals surface area (Å²) in [5, 5.41) is 10.0. The van der Waals surface area contributed by atoms with Crippen molar-refractivity contribution in [2.24, 2.45) is 0 Å². The fourth-order valence-corrected chi connectivity index (χ4v) is 0.484. The van der Waals surface area contributed by atoms with Crippen molar-refractivity contribution in [3.05, 3.63) is 30.1 Å². The van der Waals surface area contributed by atoms with Crippen LogP contribution in [0.4, 0.5) is 0 Å². The summed E-state index contributed by atoms with van der Waals surface area (Å²) in [4.78, 5) is 13.6. The molecule has 49 valence electrons. The Morgan fingerprint density at radius 1 is 1.60 bits per heavy atom. The van der Waals surface area contributed by atoms with Crippen molar-refractivity contribution in [1.82, 2.24) is 4.98 Å². The predicted octanol–water partition coefficient (Wildman–Crippen LogP) is -0.557. The molecule has 0 saturated heterocycles. The fourth-order valence-electron chi connectivity index (χ4n) is 0.484. The van der Waals surface area contributed by atoms with Crippen LogP contribution in [0.3, 0.4) is 0 Å². The molecule has 10 heavy (non-hydrogen) atoms. The number of carbonyl (C=O) groups excluding carboxylic acids is 1. The van der Waals surface area contributed by atoms with Crippen LogP contribution in [-0.4, -0.2) is 11.0 Å². The molecule has 3 nitrogen and oxygen atoms in total. The molecule has 1 aromatic heterocycles. The second-order valence-corrected chi connectivity index (χ2v) is 1.53. The molecule has 0 spiro atoms. The molecule has 0 unspecified atom stereocenters. The topological polar surface area (TPSA) is 53.0 Å². The summed E-state index contributed by atoms with van der Waals surface area (Å²) < 4.78 is 0. The van der Waals surface area contributed by atoms with Gasteiger partial charge in [0, 0.05) is 18.0 Å². The summed E-state index contributed by atoms with van der Waals surface area (Å²) >= 11 is 0. The van der Waals surface area contributed by atoms with E-state index < -0.39 is 5.97 Å². The largest absolute Gasteiger partial charge is 3.00 e. The van der Waals surface area contributed by atoms with E-state index in [0.29, 0.717) is 0 Å². The van der Waals surface area contributed by atoms with Gasteiger partial charge in [-0.1, -0.05) is 6.07 Å². The van der Waals surface area contributed by atoms with Crippen molar-refractivity contribution in [1.29, 1.82) is 0 Å². The number of carboxylic acids is 1. The monoisotopic (exact) mass is 174 g/mol. The van der Waals surface area contributed by atoms with E-state index in [1.165, 1.54) is 18.5 Å². The summed E-state index contributed by atoms with van der Waals surface area (Å²) in [7, 11) is 0. The van der Waals surface area contributed by atoms with Gasteiger partial charge in [-0.3, -0.25) is 4.98 Å². The Kier molecular flexibility index (Phi) is 3.70. The molecule has 0 atom stereocenters. The molecule has 1 heterocycles. The third kappa shape index (κ3) is 2.18. The van der Waals surface area contributed by atoms with Crippen LogP contribution in [0.15, 0.2) is 24.5 Å². The summed E-state index contributed by atoms with van der Waals surface area (Å²) in [5.74, 6) is -1.19. The molecule has 0 saturated carbocycles. The van der Waals surface area contributed by atoms with Gasteiger partial charge in [-0.2, -0.15) is 0 Å². The first kappa shape index (κ1) is 9.15. The van der Waals surface area contributed by atoms with Gasteiger partial charge < -0.3 is 9.90 Å². The zero-order valence-corrected chi connectivity index (χ0v) is 6.26. The molecule has 0 N–H and O–H groups in total. The first-order valence-electron chi connectivity index (χ1n) is 2.42. The van der Waals surface area contributed by atoms with Gasteiger partial charge in [-0.05, 0) is 6.07 Å². The van der Waals surface area contributed by atoms with E-state index in [2.05, 4.69) is 4.98 Å². The Morgan fingerprint density at radius 3 is 2.60 bits per heavy atom. The van der Waals surface area contributed by atoms with Gasteiger partial charge in [0.2, 0.25) is 0 Å². The molecule has 0 aliphatic carbocycles. The number of hydrogen-bond acceptors (Lipinski definition) is 3. The summed E-state index contributed by atoms with van der Waals surface area (Å²) in [5.41, 5.74) is 0.109. The van der Waals surface area contributed by atoms with E-state index in [1.54, 1.807) is 6.07 Å². The number of aromatic nitrogens is 1. The molecular formula is C6H4CrNO2+2. The van der Waals surface area contributed by atoms with Gasteiger partial charge in [-0.25, -0.2) is 0 Å². The Labute approximate surface area is 68.8 Å². The minimum Gasteiger partial charge on any atom is -0.545 e. The van der Waals surface area contributed by atoms with Crippen molar-refractivity contribution in [3.63, 3.8) is 0 Å². The molecule has 0 aromatic carbocycles. The van der Waals surface area contributed by atoms with E-state index in [9.17, 15) is 9.90 Å². The molecule has 0 amide bonds. The molecule has 0 fully saturated rings. The Balaban J connectivity index is 0.000000810. The molecule has 1 aromatic rings. The molecule has 4 heteroatoms. The Morgan fingerprint density at radius 2 is 2.30 bits per heavy atom. The molecular weight excluding hydrogens is 170 g/mol. The summed E-state index contributed by atoms with van der Waals surface area (Å²) in [6.45, 7) is 0. The van der Waals surface area contributed by atoms with Crippen LogP contribution in [0.2, 0.25) is 0 Å². The van der Waals surface area contributed by atoms with Gasteiger partial charge in [0.15, 0.2) is 0 Å². The number of carbonyl (C=O) groups is 1. The number of rotatable bonds is 1. The van der Waals surface area contributed by atoms with E-state index in [1.807, 2.05) is 0 Å². The summed E-state index contributed by atoms with van der Waals surface area (Å²) in [6.07, 6.45) is 2.75. The summed E-state index contributed by atoms with van der Waals surface area (Å²) in [6, 6.07) is 2.98. The first-order valence-corrected chi connectivity index (χ1v) is 2.42. The molecule has 1 radical (unpaired) electrons. The molecule has 0 aliphatic rings. The van der Waals surface area contributed by atoms with Crippen molar-refractivity contribution in [2.75, 3.05) is 0 Å². The number of hydrogen-bond donors (Lipinski definition) is 0. The van der Waals surface area contributed by atoms with E-state index in [-0.39, 0.29) is 22.9 Å². The number of carboxylic acid groups (broad SMARTS) is 1. The average molecular weight is 174 g/mol. The maximum Gasteiger partial charge on any atom is 3.00 e. The van der Waals surface area contributed by atoms with Crippen LogP contribution in [-0.2, 0) is 17.4 Å². The smallest absolute Gasteiger partial charge is 0.545 e. The van der Waals surface area contributed by atoms with Gasteiger partial charge in [0.25, 0.3) is 0 Å². The van der Waals surface area contributed by atoms with E-state index in [0.717, 1.165) is 0 Å². The predicted molar refractivity (Wildman–Crippen MR) is 28.6 cm³/mol. The number of nitrogens with zero attached hydrogens (tertiary/aromatic N) is 1. The van der Waals surface area contributed by atoms with Crippen LogP contribution in [0.5, 0.6) is 0 Å². The third-order valence-electron chi connectivity index (χ3n) is 0.897. The zero-order valence-electron chi connectivity index (χ0n) is 4.98. The van der Waals surface area contributed by atoms with Crippen LogP contribution in [0, 0.1) is 0 Å². The van der Waals surface area contributed by atoms with Gasteiger partial charge in [0.05, 0.1) is 5.97 Å². The quantitative estimate of drug-likeness (QED) is 0.573. The second kappa shape index (κ2) is 4.05. The molecule has 1 rings (SSSR count). The minimum atomic E-state index is -1.19. The van der Waals surface area contributed by atoms with Crippen molar-refractivity contribution in [2.45, 2.75) is 0 Å². The Hall–Kier alpha value is -0.848. The maximum atomic E-state index is 10.0. The minimum absolute atomic E-state index is 0. The van der Waals surface area contributed by atoms with Crippen molar-refractivity contribution in [3.8, 4) is 0 Å². The van der Waals surface area contributed by atoms with Gasteiger partial charge in [0.1, 0.15) is 0 Å². The zero-order chi connectivity index (χ0) is 6.69. The third-order valence-corrected chi connectivity index (χ3v) is 0.897. The molecule has 0 bridgehead atoms. The number of pyridine rings is 1. The van der Waals surface area contributed by atoms with Crippen LogP contribution < -0.4 is 5.11 Å². The van der Waals surface area contributed by atoms with Crippen LogP contribution in [0.25, 0.3) is 0 Å². The average Bonchev–Trinajstić information content (AvgIpc) is 1.90. The number of aromatic carboxylic acids is 1. The van der Waals surface area contributed by atoms with E-state index >= 15 is 0 Å². The SMILES string of the molecule is O=C([O-])c1cccnc1.[Cr+3]. The van der Waals surface area contributed by atoms with Crippen LogP contribution in [0.1, 0.15) is 10.4 Å². The normalized spacial score (nSPS) is 8.00.